The van der Waals surface area contributed by atoms with Crippen molar-refractivity contribution in [1.29, 1.82) is 0 Å². The molecule has 2 nitrogen and oxygen atoms in total. The van der Waals surface area contributed by atoms with Crippen molar-refractivity contribution >= 4 is 43.3 Å². The van der Waals surface area contributed by atoms with E-state index in [0.29, 0.717) is 0 Å². The zero-order valence-electron chi connectivity index (χ0n) is 14.6. The van der Waals surface area contributed by atoms with Gasteiger partial charge >= 0.3 is 0 Å². The molecule has 0 bridgehead atoms. The van der Waals surface area contributed by atoms with E-state index in [1.165, 1.54) is 33.0 Å². The molecule has 3 aromatic carbocycles. The number of para-hydroxylation sites is 1. The molecule has 0 amide bonds. The maximum absolute atomic E-state index is 4.85. The van der Waals surface area contributed by atoms with Gasteiger partial charge < -0.3 is 0 Å². The number of imidazole rings is 1. The van der Waals surface area contributed by atoms with Crippen LogP contribution in [-0.2, 0) is 0 Å². The number of aromatic nitrogens is 2. The van der Waals surface area contributed by atoms with E-state index in [1.54, 1.807) is 0 Å². The quantitative estimate of drug-likeness (QED) is 0.286. The van der Waals surface area contributed by atoms with Crippen LogP contribution in [0.4, 0.5) is 0 Å². The molecule has 26 heavy (non-hydrogen) atoms. The van der Waals surface area contributed by atoms with E-state index < -0.39 is 0 Å². The van der Waals surface area contributed by atoms with Crippen molar-refractivity contribution in [2.75, 3.05) is 0 Å². The van der Waals surface area contributed by atoms with Crippen LogP contribution in [0.5, 0.6) is 0 Å². The molecule has 0 fully saturated rings. The number of fused-ring (bicyclic) bond motifs is 6. The fourth-order valence-corrected chi connectivity index (χ4v) is 4.58. The molecule has 0 spiro atoms. The number of rotatable bonds is 1. The lowest BCUT2D eigenvalue weighted by Crippen LogP contribution is -1.96. The minimum atomic E-state index is 0.990. The molecule has 0 aliphatic rings. The second kappa shape index (κ2) is 5.68. The summed E-state index contributed by atoms with van der Waals surface area (Å²) in [4.78, 5) is 4.85. The maximum Gasteiger partial charge on any atom is 0.146 e. The average molecular weight is 401 g/mol. The van der Waals surface area contributed by atoms with Gasteiger partial charge in [-0.2, -0.15) is 0 Å². The highest BCUT2D eigenvalue weighted by Crippen LogP contribution is 2.37. The largest absolute Gasteiger partial charge is 0.292 e. The Labute approximate surface area is 160 Å². The SMILES string of the molecule is Cc1cccc(C)c1-c1cnc2c3c(Br)cccc3c3ccccc3n12. The lowest BCUT2D eigenvalue weighted by Gasteiger charge is -2.14. The molecule has 0 unspecified atom stereocenters. The van der Waals surface area contributed by atoms with Gasteiger partial charge in [0.15, 0.2) is 0 Å². The Hall–Kier alpha value is -2.65. The number of hydrogen-bond donors (Lipinski definition) is 0. The highest BCUT2D eigenvalue weighted by molar-refractivity contribution is 9.10. The first-order valence-electron chi connectivity index (χ1n) is 8.70. The maximum atomic E-state index is 4.85. The Kier molecular flexibility index (Phi) is 3.41. The minimum Gasteiger partial charge on any atom is -0.292 e. The highest BCUT2D eigenvalue weighted by atomic mass is 79.9. The third-order valence-corrected chi connectivity index (χ3v) is 5.83. The van der Waals surface area contributed by atoms with E-state index in [2.05, 4.69) is 94.8 Å². The molecule has 5 aromatic rings. The van der Waals surface area contributed by atoms with Crippen molar-refractivity contribution in [2.24, 2.45) is 0 Å². The monoisotopic (exact) mass is 400 g/mol. The van der Waals surface area contributed by atoms with Crippen molar-refractivity contribution < 1.29 is 0 Å². The van der Waals surface area contributed by atoms with E-state index in [1.807, 2.05) is 6.20 Å². The van der Waals surface area contributed by atoms with Crippen LogP contribution in [0.3, 0.4) is 0 Å². The summed E-state index contributed by atoms with van der Waals surface area (Å²) in [6, 6.07) is 21.4. The Bertz CT molecular complexity index is 1290. The Morgan fingerprint density at radius 3 is 2.31 bits per heavy atom. The number of pyridine rings is 1. The van der Waals surface area contributed by atoms with Gasteiger partial charge in [0.1, 0.15) is 5.65 Å². The Morgan fingerprint density at radius 1 is 0.808 bits per heavy atom. The summed E-state index contributed by atoms with van der Waals surface area (Å²) in [5.74, 6) is 0. The molecule has 5 rings (SSSR count). The second-order valence-corrected chi connectivity index (χ2v) is 7.60. The molecule has 2 aromatic heterocycles. The first-order valence-corrected chi connectivity index (χ1v) is 9.49. The minimum absolute atomic E-state index is 0.990. The summed E-state index contributed by atoms with van der Waals surface area (Å²) in [5, 5.41) is 3.62. The lowest BCUT2D eigenvalue weighted by atomic mass is 10.00. The third kappa shape index (κ3) is 2.07. The molecule has 0 aliphatic carbocycles. The molecule has 0 radical (unpaired) electrons. The number of aryl methyl sites for hydroxylation is 2. The Morgan fingerprint density at radius 2 is 1.50 bits per heavy atom. The summed E-state index contributed by atoms with van der Waals surface area (Å²) in [6.45, 7) is 4.34. The smallest absolute Gasteiger partial charge is 0.146 e. The van der Waals surface area contributed by atoms with Crippen LogP contribution < -0.4 is 0 Å². The van der Waals surface area contributed by atoms with Crippen LogP contribution in [0, 0.1) is 13.8 Å². The summed E-state index contributed by atoms with van der Waals surface area (Å²) in [5.41, 5.74) is 7.11. The van der Waals surface area contributed by atoms with E-state index >= 15 is 0 Å². The van der Waals surface area contributed by atoms with Gasteiger partial charge in [0.2, 0.25) is 0 Å². The second-order valence-electron chi connectivity index (χ2n) is 6.75. The number of halogens is 1. The lowest BCUT2D eigenvalue weighted by molar-refractivity contribution is 1.25. The van der Waals surface area contributed by atoms with Crippen molar-refractivity contribution in [1.82, 2.24) is 9.38 Å². The van der Waals surface area contributed by atoms with E-state index in [0.717, 1.165) is 21.2 Å². The third-order valence-electron chi connectivity index (χ3n) is 5.17. The van der Waals surface area contributed by atoms with Crippen LogP contribution in [0.2, 0.25) is 0 Å². The molecule has 2 heterocycles. The van der Waals surface area contributed by atoms with Crippen molar-refractivity contribution in [3.63, 3.8) is 0 Å². The predicted octanol–water partition coefficient (Wildman–Crippen LogP) is 6.69. The summed E-state index contributed by atoms with van der Waals surface area (Å²) < 4.78 is 3.38. The van der Waals surface area contributed by atoms with Crippen LogP contribution in [0.15, 0.2) is 71.3 Å². The summed E-state index contributed by atoms with van der Waals surface area (Å²) in [6.07, 6.45) is 2.01. The Balaban J connectivity index is 2.08. The van der Waals surface area contributed by atoms with Gasteiger partial charge in [-0.25, -0.2) is 4.98 Å². The van der Waals surface area contributed by atoms with Crippen LogP contribution in [0.1, 0.15) is 11.1 Å². The number of nitrogens with zero attached hydrogens (tertiary/aromatic N) is 2. The van der Waals surface area contributed by atoms with Crippen molar-refractivity contribution in [2.45, 2.75) is 13.8 Å². The molecule has 0 saturated heterocycles. The van der Waals surface area contributed by atoms with Crippen LogP contribution in [-0.4, -0.2) is 9.38 Å². The van der Waals surface area contributed by atoms with E-state index in [-0.39, 0.29) is 0 Å². The standard InChI is InChI=1S/C23H17BrN2/c1-14-7-5-8-15(2)21(14)20-13-25-23-22-17(10-6-11-18(22)24)16-9-3-4-12-19(16)26(20)23/h3-13H,1-2H3. The molecule has 0 atom stereocenters. The molecule has 3 heteroatoms. The fourth-order valence-electron chi connectivity index (χ4n) is 4.04. The highest BCUT2D eigenvalue weighted by Gasteiger charge is 2.17. The molecule has 0 aliphatic heterocycles. The predicted molar refractivity (Wildman–Crippen MR) is 113 cm³/mol. The first-order chi connectivity index (χ1) is 12.7. The van der Waals surface area contributed by atoms with Crippen molar-refractivity contribution in [3.05, 3.63) is 82.5 Å². The molecule has 0 N–H and O–H groups in total. The van der Waals surface area contributed by atoms with E-state index in [9.17, 15) is 0 Å². The first kappa shape index (κ1) is 15.6. The van der Waals surface area contributed by atoms with E-state index in [4.69, 9.17) is 4.98 Å². The normalized spacial score (nSPS) is 11.7. The summed E-state index contributed by atoms with van der Waals surface area (Å²) >= 11 is 3.74. The fraction of sp³-hybridized carbons (Fsp3) is 0.0870. The molecular formula is C23H17BrN2. The molecular weight excluding hydrogens is 384 g/mol. The van der Waals surface area contributed by atoms with Crippen molar-refractivity contribution in [3.8, 4) is 11.3 Å². The average Bonchev–Trinajstić information content (AvgIpc) is 3.06. The molecule has 0 saturated carbocycles. The zero-order valence-corrected chi connectivity index (χ0v) is 16.2. The summed E-state index contributed by atoms with van der Waals surface area (Å²) in [7, 11) is 0. The zero-order chi connectivity index (χ0) is 17.8. The van der Waals surface area contributed by atoms with Gasteiger partial charge in [0.25, 0.3) is 0 Å². The number of hydrogen-bond acceptors (Lipinski definition) is 1. The van der Waals surface area contributed by atoms with Crippen LogP contribution >= 0.6 is 15.9 Å². The molecule has 126 valence electrons. The van der Waals surface area contributed by atoms with Gasteiger partial charge in [0, 0.05) is 20.8 Å². The number of benzene rings is 3. The van der Waals surface area contributed by atoms with Gasteiger partial charge in [-0.05, 0) is 42.5 Å². The van der Waals surface area contributed by atoms with Gasteiger partial charge in [-0.1, -0.05) is 64.5 Å². The van der Waals surface area contributed by atoms with Gasteiger partial charge in [-0.3, -0.25) is 4.40 Å². The van der Waals surface area contributed by atoms with Gasteiger partial charge in [-0.15, -0.1) is 0 Å². The van der Waals surface area contributed by atoms with Crippen LogP contribution in [0.25, 0.3) is 38.6 Å². The topological polar surface area (TPSA) is 17.3 Å². The van der Waals surface area contributed by atoms with Gasteiger partial charge in [0.05, 0.1) is 17.4 Å².